The van der Waals surface area contributed by atoms with Crippen molar-refractivity contribution in [3.8, 4) is 11.5 Å². The van der Waals surface area contributed by atoms with Crippen molar-refractivity contribution in [3.63, 3.8) is 0 Å². The summed E-state index contributed by atoms with van der Waals surface area (Å²) in [6, 6.07) is 6.64. The van der Waals surface area contributed by atoms with E-state index in [0.717, 1.165) is 12.8 Å². The number of phenolic OH excluding ortho intramolecular Hbond substituents is 1. The molecule has 1 aromatic carbocycles. The van der Waals surface area contributed by atoms with E-state index < -0.39 is 0 Å². The van der Waals surface area contributed by atoms with Gasteiger partial charge in [-0.2, -0.15) is 0 Å². The van der Waals surface area contributed by atoms with Gasteiger partial charge in [-0.3, -0.25) is 0 Å². The van der Waals surface area contributed by atoms with Crippen LogP contribution in [0.4, 0.5) is 0 Å². The van der Waals surface area contributed by atoms with E-state index in [9.17, 15) is 10.2 Å². The topological polar surface area (TPSA) is 49.7 Å². The predicted octanol–water partition coefficient (Wildman–Crippen LogP) is 1.93. The van der Waals surface area contributed by atoms with Crippen LogP contribution in [0.1, 0.15) is 19.3 Å². The van der Waals surface area contributed by atoms with E-state index in [1.807, 2.05) is 0 Å². The van der Waals surface area contributed by atoms with Crippen LogP contribution < -0.4 is 4.74 Å². The van der Waals surface area contributed by atoms with Gasteiger partial charge in [-0.05, 0) is 30.9 Å². The van der Waals surface area contributed by atoms with Crippen molar-refractivity contribution in [3.05, 3.63) is 24.3 Å². The number of aliphatic hydroxyl groups is 1. The lowest BCUT2D eigenvalue weighted by molar-refractivity contribution is 0.0240. The van der Waals surface area contributed by atoms with Gasteiger partial charge < -0.3 is 14.9 Å². The first-order valence-electron chi connectivity index (χ1n) is 5.35. The predicted molar refractivity (Wildman–Crippen MR) is 56.9 cm³/mol. The third kappa shape index (κ3) is 2.63. The summed E-state index contributed by atoms with van der Waals surface area (Å²) in [4.78, 5) is 0. The number of phenols is 1. The fourth-order valence-electron chi connectivity index (χ4n) is 1.72. The molecule has 0 saturated heterocycles. The molecule has 2 N–H and O–H groups in total. The molecule has 0 bridgehead atoms. The van der Waals surface area contributed by atoms with Crippen molar-refractivity contribution in [1.82, 2.24) is 0 Å². The normalized spacial score (nSPS) is 18.2. The second-order valence-corrected chi connectivity index (χ2v) is 4.07. The first-order chi connectivity index (χ1) is 7.25. The van der Waals surface area contributed by atoms with E-state index in [-0.39, 0.29) is 11.9 Å². The number of aromatic hydroxyl groups is 1. The third-order valence-electron chi connectivity index (χ3n) is 2.93. The molecule has 1 aromatic rings. The van der Waals surface area contributed by atoms with Crippen molar-refractivity contribution in [2.75, 3.05) is 6.61 Å². The molecule has 0 aromatic heterocycles. The Balaban J connectivity index is 1.81. The summed E-state index contributed by atoms with van der Waals surface area (Å²) in [6.07, 6.45) is 3.05. The number of ether oxygens (including phenoxy) is 1. The lowest BCUT2D eigenvalue weighted by Crippen LogP contribution is -2.31. The first kappa shape index (κ1) is 10.3. The van der Waals surface area contributed by atoms with Gasteiger partial charge in [0, 0.05) is 6.07 Å². The van der Waals surface area contributed by atoms with Gasteiger partial charge in [0.1, 0.15) is 18.1 Å². The maximum absolute atomic E-state index is 9.71. The fourth-order valence-corrected chi connectivity index (χ4v) is 1.72. The molecule has 2 rings (SSSR count). The zero-order chi connectivity index (χ0) is 10.7. The average Bonchev–Trinajstić information content (AvgIpc) is 2.12. The zero-order valence-electron chi connectivity index (χ0n) is 8.60. The molecule has 3 heteroatoms. The minimum atomic E-state index is -0.374. The number of benzene rings is 1. The Morgan fingerprint density at radius 2 is 2.20 bits per heavy atom. The van der Waals surface area contributed by atoms with Gasteiger partial charge in [-0.25, -0.2) is 0 Å². The highest BCUT2D eigenvalue weighted by atomic mass is 16.5. The zero-order valence-corrected chi connectivity index (χ0v) is 8.60. The minimum absolute atomic E-state index is 0.186. The Morgan fingerprint density at radius 1 is 1.40 bits per heavy atom. The van der Waals surface area contributed by atoms with Crippen molar-refractivity contribution < 1.29 is 14.9 Å². The van der Waals surface area contributed by atoms with E-state index in [1.54, 1.807) is 24.3 Å². The number of hydrogen-bond acceptors (Lipinski definition) is 3. The van der Waals surface area contributed by atoms with Crippen molar-refractivity contribution in [1.29, 1.82) is 0 Å². The van der Waals surface area contributed by atoms with Gasteiger partial charge in [0.25, 0.3) is 0 Å². The summed E-state index contributed by atoms with van der Waals surface area (Å²) >= 11 is 0. The van der Waals surface area contributed by atoms with E-state index in [4.69, 9.17) is 4.74 Å². The second kappa shape index (κ2) is 4.53. The summed E-state index contributed by atoms with van der Waals surface area (Å²) in [5, 5.41) is 18.9. The molecular weight excluding hydrogens is 192 g/mol. The molecule has 1 aliphatic carbocycles. The van der Waals surface area contributed by atoms with Crippen LogP contribution in [0.3, 0.4) is 0 Å². The van der Waals surface area contributed by atoms with Gasteiger partial charge in [0.15, 0.2) is 0 Å². The molecule has 0 radical (unpaired) electrons. The number of aliphatic hydroxyl groups excluding tert-OH is 1. The third-order valence-corrected chi connectivity index (χ3v) is 2.93. The quantitative estimate of drug-likeness (QED) is 0.795. The van der Waals surface area contributed by atoms with Crippen LogP contribution in [-0.4, -0.2) is 22.9 Å². The Labute approximate surface area is 89.3 Å². The van der Waals surface area contributed by atoms with Crippen LogP contribution in [0, 0.1) is 5.92 Å². The summed E-state index contributed by atoms with van der Waals surface area (Å²) in [7, 11) is 0. The van der Waals surface area contributed by atoms with Gasteiger partial charge in [-0.1, -0.05) is 12.5 Å². The maximum atomic E-state index is 9.71. The monoisotopic (exact) mass is 208 g/mol. The van der Waals surface area contributed by atoms with Crippen molar-refractivity contribution in [2.45, 2.75) is 25.4 Å². The molecule has 3 nitrogen and oxygen atoms in total. The van der Waals surface area contributed by atoms with Gasteiger partial charge in [0.05, 0.1) is 6.10 Å². The van der Waals surface area contributed by atoms with Crippen LogP contribution in [0.15, 0.2) is 24.3 Å². The standard InChI is InChI=1S/C12H16O3/c13-10-5-2-6-11(7-10)15-8-12(14)9-3-1-4-9/h2,5-7,9,12-14H,1,3-4,8H2. The van der Waals surface area contributed by atoms with Crippen LogP contribution in [-0.2, 0) is 0 Å². The van der Waals surface area contributed by atoms with Crippen molar-refractivity contribution in [2.24, 2.45) is 5.92 Å². The van der Waals surface area contributed by atoms with Crippen LogP contribution in [0.5, 0.6) is 11.5 Å². The SMILES string of the molecule is Oc1cccc(OCC(O)C2CCC2)c1. The summed E-state index contributed by atoms with van der Waals surface area (Å²) in [5.41, 5.74) is 0. The molecule has 1 aliphatic rings. The summed E-state index contributed by atoms with van der Waals surface area (Å²) < 4.78 is 5.40. The van der Waals surface area contributed by atoms with Crippen LogP contribution in [0.2, 0.25) is 0 Å². The molecule has 0 amide bonds. The van der Waals surface area contributed by atoms with Gasteiger partial charge in [0.2, 0.25) is 0 Å². The van der Waals surface area contributed by atoms with Gasteiger partial charge in [-0.15, -0.1) is 0 Å². The van der Waals surface area contributed by atoms with Crippen LogP contribution >= 0.6 is 0 Å². The molecule has 1 fully saturated rings. The highest BCUT2D eigenvalue weighted by Gasteiger charge is 2.25. The minimum Gasteiger partial charge on any atom is -0.508 e. The second-order valence-electron chi connectivity index (χ2n) is 4.07. The summed E-state index contributed by atoms with van der Waals surface area (Å²) in [6.45, 7) is 0.314. The molecule has 0 heterocycles. The molecular formula is C12H16O3. The Bertz CT molecular complexity index is 320. The molecule has 0 aliphatic heterocycles. The number of hydrogen-bond donors (Lipinski definition) is 2. The Kier molecular flexibility index (Phi) is 3.11. The Morgan fingerprint density at radius 3 is 2.80 bits per heavy atom. The van der Waals surface area contributed by atoms with E-state index in [0.29, 0.717) is 18.3 Å². The maximum Gasteiger partial charge on any atom is 0.123 e. The molecule has 1 saturated carbocycles. The van der Waals surface area contributed by atoms with E-state index >= 15 is 0 Å². The molecule has 1 unspecified atom stereocenters. The highest BCUT2D eigenvalue weighted by molar-refractivity contribution is 5.31. The summed E-state index contributed by atoms with van der Waals surface area (Å²) in [5.74, 6) is 1.20. The number of rotatable bonds is 4. The Hall–Kier alpha value is -1.22. The smallest absolute Gasteiger partial charge is 0.123 e. The lowest BCUT2D eigenvalue weighted by Gasteiger charge is -2.30. The van der Waals surface area contributed by atoms with E-state index in [1.165, 1.54) is 6.42 Å². The molecule has 0 spiro atoms. The largest absolute Gasteiger partial charge is 0.508 e. The molecule has 15 heavy (non-hydrogen) atoms. The highest BCUT2D eigenvalue weighted by Crippen LogP contribution is 2.30. The van der Waals surface area contributed by atoms with Crippen molar-refractivity contribution >= 4 is 0 Å². The molecule has 82 valence electrons. The fraction of sp³-hybridized carbons (Fsp3) is 0.500. The van der Waals surface area contributed by atoms with E-state index in [2.05, 4.69) is 0 Å². The first-order valence-corrected chi connectivity index (χ1v) is 5.35. The lowest BCUT2D eigenvalue weighted by atomic mass is 9.81. The average molecular weight is 208 g/mol. The van der Waals surface area contributed by atoms with Crippen LogP contribution in [0.25, 0.3) is 0 Å². The van der Waals surface area contributed by atoms with Gasteiger partial charge >= 0.3 is 0 Å². The molecule has 1 atom stereocenters.